The molecule has 0 aromatic heterocycles. The van der Waals surface area contributed by atoms with Crippen LogP contribution in [0.25, 0.3) is 0 Å². The third-order valence-corrected chi connectivity index (χ3v) is 8.18. The number of aryl methyl sites for hydroxylation is 1. The molecular formula is C25H34N2O7S. The molecule has 9 nitrogen and oxygen atoms in total. The van der Waals surface area contributed by atoms with E-state index in [9.17, 15) is 13.2 Å². The highest BCUT2D eigenvalue weighted by Crippen LogP contribution is 2.38. The molecule has 0 unspecified atom stereocenters. The lowest BCUT2D eigenvalue weighted by molar-refractivity contribution is -0.135. The predicted molar refractivity (Wildman–Crippen MR) is 132 cm³/mol. The minimum Gasteiger partial charge on any atom is -0.495 e. The molecule has 0 atom stereocenters. The first-order valence-electron chi connectivity index (χ1n) is 11.3. The van der Waals surface area contributed by atoms with Crippen LogP contribution in [0, 0.1) is 12.8 Å². The molecule has 1 saturated heterocycles. The molecular weight excluding hydrogens is 472 g/mol. The van der Waals surface area contributed by atoms with E-state index in [1.54, 1.807) is 38.3 Å². The molecule has 3 rings (SSSR count). The van der Waals surface area contributed by atoms with Crippen molar-refractivity contribution in [3.63, 3.8) is 0 Å². The summed E-state index contributed by atoms with van der Waals surface area (Å²) in [4.78, 5) is 15.0. The number of rotatable bonds is 9. The van der Waals surface area contributed by atoms with Gasteiger partial charge in [-0.15, -0.1) is 0 Å². The molecule has 35 heavy (non-hydrogen) atoms. The molecule has 0 aliphatic carbocycles. The summed E-state index contributed by atoms with van der Waals surface area (Å²) in [6.07, 6.45) is 0.900. The highest BCUT2D eigenvalue weighted by atomic mass is 32.2. The second kappa shape index (κ2) is 11.2. The van der Waals surface area contributed by atoms with Gasteiger partial charge in [-0.2, -0.15) is 4.31 Å². The summed E-state index contributed by atoms with van der Waals surface area (Å²) in [7, 11) is 4.11. The van der Waals surface area contributed by atoms with E-state index in [0.717, 1.165) is 11.1 Å². The maximum absolute atomic E-state index is 13.3. The number of ether oxygens (including phenoxy) is 4. The molecule has 1 fully saturated rings. The van der Waals surface area contributed by atoms with E-state index in [1.807, 2.05) is 25.1 Å². The monoisotopic (exact) mass is 506 g/mol. The minimum atomic E-state index is -3.72. The molecule has 1 amide bonds. The number of amides is 1. The standard InChI is InChI=1S/C25H34N2O7S/c1-17-7-8-20(31-3)23(13-17)35(29,30)27-11-9-19(10-12-27)25(28)26(2)16-18-14-21(32-4)24(34-6)22(15-18)33-5/h7-8,13-15,19H,9-12,16H2,1-6H3. The van der Waals surface area contributed by atoms with Gasteiger partial charge >= 0.3 is 0 Å². The summed E-state index contributed by atoms with van der Waals surface area (Å²) in [5, 5.41) is 0. The fourth-order valence-electron chi connectivity index (χ4n) is 4.36. The first-order chi connectivity index (χ1) is 16.7. The zero-order valence-electron chi connectivity index (χ0n) is 21.2. The summed E-state index contributed by atoms with van der Waals surface area (Å²) < 4.78 is 49.4. The molecule has 0 saturated carbocycles. The third-order valence-electron chi connectivity index (χ3n) is 6.26. The average molecular weight is 507 g/mol. The first-order valence-corrected chi connectivity index (χ1v) is 12.8. The summed E-state index contributed by atoms with van der Waals surface area (Å²) >= 11 is 0. The van der Waals surface area contributed by atoms with Crippen molar-refractivity contribution in [2.45, 2.75) is 31.2 Å². The van der Waals surface area contributed by atoms with Crippen molar-refractivity contribution < 1.29 is 32.2 Å². The Kier molecular flexibility index (Phi) is 8.50. The van der Waals surface area contributed by atoms with E-state index >= 15 is 0 Å². The van der Waals surface area contributed by atoms with Crippen molar-refractivity contribution in [1.29, 1.82) is 0 Å². The molecule has 2 aromatic rings. The van der Waals surface area contributed by atoms with Crippen LogP contribution in [0.5, 0.6) is 23.0 Å². The fourth-order valence-corrected chi connectivity index (χ4v) is 6.07. The highest BCUT2D eigenvalue weighted by molar-refractivity contribution is 7.89. The number of methoxy groups -OCH3 is 4. The van der Waals surface area contributed by atoms with E-state index in [0.29, 0.717) is 42.4 Å². The highest BCUT2D eigenvalue weighted by Gasteiger charge is 2.34. The Bertz CT molecular complexity index is 1130. The number of hydrogen-bond donors (Lipinski definition) is 0. The number of nitrogens with zero attached hydrogens (tertiary/aromatic N) is 2. The van der Waals surface area contributed by atoms with Gasteiger partial charge in [0.2, 0.25) is 21.7 Å². The topological polar surface area (TPSA) is 94.6 Å². The van der Waals surface area contributed by atoms with Gasteiger partial charge in [0, 0.05) is 32.6 Å². The van der Waals surface area contributed by atoms with E-state index in [2.05, 4.69) is 0 Å². The Morgan fingerprint density at radius 3 is 2.03 bits per heavy atom. The van der Waals surface area contributed by atoms with Crippen LogP contribution in [0.1, 0.15) is 24.0 Å². The lowest BCUT2D eigenvalue weighted by Crippen LogP contribution is -2.43. The quantitative estimate of drug-likeness (QED) is 0.516. The third kappa shape index (κ3) is 5.65. The number of benzene rings is 2. The van der Waals surface area contributed by atoms with Crippen molar-refractivity contribution in [3.8, 4) is 23.0 Å². The zero-order valence-corrected chi connectivity index (χ0v) is 22.0. The van der Waals surface area contributed by atoms with Gasteiger partial charge in [-0.25, -0.2) is 8.42 Å². The Hall–Kier alpha value is -2.98. The van der Waals surface area contributed by atoms with Gasteiger partial charge < -0.3 is 23.8 Å². The lowest BCUT2D eigenvalue weighted by Gasteiger charge is -2.33. The zero-order chi connectivity index (χ0) is 25.8. The van der Waals surface area contributed by atoms with Crippen LogP contribution in [0.4, 0.5) is 0 Å². The van der Waals surface area contributed by atoms with Gasteiger partial charge in [0.05, 0.1) is 28.4 Å². The van der Waals surface area contributed by atoms with Crippen molar-refractivity contribution in [3.05, 3.63) is 41.5 Å². The summed E-state index contributed by atoms with van der Waals surface area (Å²) in [5.74, 6) is 1.57. The van der Waals surface area contributed by atoms with Gasteiger partial charge in [0.1, 0.15) is 10.6 Å². The smallest absolute Gasteiger partial charge is 0.246 e. The predicted octanol–water partition coefficient (Wildman–Crippen LogP) is 3.09. The molecule has 0 radical (unpaired) electrons. The Morgan fingerprint density at radius 1 is 0.943 bits per heavy atom. The van der Waals surface area contributed by atoms with Crippen molar-refractivity contribution in [2.75, 3.05) is 48.6 Å². The number of sulfonamides is 1. The Morgan fingerprint density at radius 2 is 1.51 bits per heavy atom. The van der Waals surface area contributed by atoms with E-state index < -0.39 is 10.0 Å². The normalized spacial score (nSPS) is 14.9. The summed E-state index contributed by atoms with van der Waals surface area (Å²) in [6.45, 7) is 2.74. The second-order valence-corrected chi connectivity index (χ2v) is 10.5. The number of hydrogen-bond acceptors (Lipinski definition) is 7. The van der Waals surface area contributed by atoms with E-state index in [-0.39, 0.29) is 29.8 Å². The lowest BCUT2D eigenvalue weighted by atomic mass is 9.96. The molecule has 1 heterocycles. The van der Waals surface area contributed by atoms with Crippen LogP contribution in [0.3, 0.4) is 0 Å². The summed E-state index contributed by atoms with van der Waals surface area (Å²) in [6, 6.07) is 8.73. The van der Waals surface area contributed by atoms with Crippen molar-refractivity contribution >= 4 is 15.9 Å². The van der Waals surface area contributed by atoms with Crippen LogP contribution >= 0.6 is 0 Å². The maximum Gasteiger partial charge on any atom is 0.246 e. The SMILES string of the molecule is COc1ccc(C)cc1S(=O)(=O)N1CCC(C(=O)N(C)Cc2cc(OC)c(OC)c(OC)c2)CC1. The van der Waals surface area contributed by atoms with Gasteiger partial charge in [0.15, 0.2) is 11.5 Å². The van der Waals surface area contributed by atoms with Crippen molar-refractivity contribution in [2.24, 2.45) is 5.92 Å². The van der Waals surface area contributed by atoms with Gasteiger partial charge in [-0.05, 0) is 55.2 Å². The van der Waals surface area contributed by atoms with E-state index in [4.69, 9.17) is 18.9 Å². The molecule has 1 aliphatic heterocycles. The van der Waals surface area contributed by atoms with Crippen molar-refractivity contribution in [1.82, 2.24) is 9.21 Å². The summed E-state index contributed by atoms with van der Waals surface area (Å²) in [5.41, 5.74) is 1.67. The van der Waals surface area contributed by atoms with Crippen LogP contribution < -0.4 is 18.9 Å². The molecule has 1 aliphatic rings. The molecule has 0 bridgehead atoms. The van der Waals surface area contributed by atoms with Crippen LogP contribution in [0.15, 0.2) is 35.2 Å². The second-order valence-electron chi connectivity index (χ2n) is 8.56. The van der Waals surface area contributed by atoms with E-state index in [1.165, 1.54) is 18.5 Å². The van der Waals surface area contributed by atoms with Gasteiger partial charge in [-0.3, -0.25) is 4.79 Å². The number of carbonyl (C=O) groups excluding carboxylic acids is 1. The fraction of sp³-hybridized carbons (Fsp3) is 0.480. The molecule has 2 aromatic carbocycles. The van der Waals surface area contributed by atoms with Crippen LogP contribution in [-0.2, 0) is 21.4 Å². The Balaban J connectivity index is 1.68. The number of carbonyl (C=O) groups is 1. The van der Waals surface area contributed by atoms with Gasteiger partial charge in [0.25, 0.3) is 0 Å². The molecule has 192 valence electrons. The first kappa shape index (κ1) is 26.6. The molecule has 0 spiro atoms. The average Bonchev–Trinajstić information content (AvgIpc) is 2.87. The number of piperidine rings is 1. The van der Waals surface area contributed by atoms with Crippen LogP contribution in [-0.4, -0.2) is 72.1 Å². The Labute approximate surface area is 207 Å². The molecule has 0 N–H and O–H groups in total. The maximum atomic E-state index is 13.3. The van der Waals surface area contributed by atoms with Gasteiger partial charge in [-0.1, -0.05) is 6.07 Å². The largest absolute Gasteiger partial charge is 0.495 e. The molecule has 10 heteroatoms. The minimum absolute atomic E-state index is 0.0241. The van der Waals surface area contributed by atoms with Crippen LogP contribution in [0.2, 0.25) is 0 Å².